The zero-order valence-corrected chi connectivity index (χ0v) is 15.3. The molecule has 0 unspecified atom stereocenters. The highest BCUT2D eigenvalue weighted by molar-refractivity contribution is 6.33. The molecule has 1 aromatic carbocycles. The van der Waals surface area contributed by atoms with Gasteiger partial charge >= 0.3 is 0 Å². The van der Waals surface area contributed by atoms with Gasteiger partial charge in [0.05, 0.1) is 11.1 Å². The summed E-state index contributed by atoms with van der Waals surface area (Å²) >= 11 is 6.30. The average Bonchev–Trinajstić information content (AvgIpc) is 3.13. The molecule has 4 rings (SSSR count). The summed E-state index contributed by atoms with van der Waals surface area (Å²) in [5.41, 5.74) is -0.584. The molecule has 27 heavy (non-hydrogen) atoms. The minimum absolute atomic E-state index is 0.0303. The van der Waals surface area contributed by atoms with E-state index in [1.165, 1.54) is 10.8 Å². The molecular weight excluding hydrogens is 379 g/mol. The van der Waals surface area contributed by atoms with Crippen molar-refractivity contribution in [1.82, 2.24) is 19.6 Å². The van der Waals surface area contributed by atoms with Gasteiger partial charge < -0.3 is 4.90 Å². The van der Waals surface area contributed by atoms with Crippen LogP contribution in [-0.2, 0) is 0 Å². The molecule has 0 saturated heterocycles. The molecule has 1 saturated carbocycles. The van der Waals surface area contributed by atoms with Crippen molar-refractivity contribution < 1.29 is 13.2 Å². The van der Waals surface area contributed by atoms with Crippen LogP contribution in [0.4, 0.5) is 19.0 Å². The second-order valence-electron chi connectivity index (χ2n) is 6.69. The van der Waals surface area contributed by atoms with Gasteiger partial charge in [0.25, 0.3) is 5.78 Å². The highest BCUT2D eigenvalue weighted by Gasteiger charge is 2.29. The van der Waals surface area contributed by atoms with Crippen LogP contribution in [0.1, 0.15) is 32.1 Å². The van der Waals surface area contributed by atoms with E-state index in [1.807, 2.05) is 11.9 Å². The predicted molar refractivity (Wildman–Crippen MR) is 96.4 cm³/mol. The monoisotopic (exact) mass is 395 g/mol. The van der Waals surface area contributed by atoms with Crippen LogP contribution in [-0.4, -0.2) is 32.7 Å². The molecule has 0 atom stereocenters. The molecule has 2 aromatic heterocycles. The zero-order chi connectivity index (χ0) is 19.1. The summed E-state index contributed by atoms with van der Waals surface area (Å²) < 4.78 is 44.4. The Morgan fingerprint density at radius 1 is 1.07 bits per heavy atom. The fraction of sp³-hybridized carbons (Fsp3) is 0.389. The summed E-state index contributed by atoms with van der Waals surface area (Å²) in [7, 11) is 1.82. The second kappa shape index (κ2) is 6.99. The van der Waals surface area contributed by atoms with Crippen LogP contribution < -0.4 is 4.90 Å². The SMILES string of the molecule is CN(c1c(-c2c(F)ccc(F)c2F)c(Cl)nc2ncnn12)C1CCCCC1. The van der Waals surface area contributed by atoms with Crippen LogP contribution in [0.3, 0.4) is 0 Å². The Morgan fingerprint density at radius 3 is 2.52 bits per heavy atom. The Hall–Kier alpha value is -2.35. The zero-order valence-electron chi connectivity index (χ0n) is 14.6. The molecule has 0 radical (unpaired) electrons. The van der Waals surface area contributed by atoms with Crippen LogP contribution >= 0.6 is 11.6 Å². The number of fused-ring (bicyclic) bond motifs is 1. The standard InChI is InChI=1S/C18H17ClF3N5/c1-26(10-5-3-2-4-6-10)17-14(13-11(20)7-8-12(21)15(13)22)16(19)25-18-23-9-24-27(17)18/h7-10H,2-6H2,1H3. The molecule has 0 amide bonds. The van der Waals surface area contributed by atoms with E-state index in [1.54, 1.807) is 0 Å². The quantitative estimate of drug-likeness (QED) is 0.479. The van der Waals surface area contributed by atoms with Gasteiger partial charge in [-0.05, 0) is 25.0 Å². The van der Waals surface area contributed by atoms with Gasteiger partial charge in [-0.1, -0.05) is 30.9 Å². The second-order valence-corrected chi connectivity index (χ2v) is 7.05. The molecule has 3 aromatic rings. The Kier molecular flexibility index (Phi) is 4.67. The van der Waals surface area contributed by atoms with E-state index in [9.17, 15) is 13.2 Å². The fourth-order valence-electron chi connectivity index (χ4n) is 3.74. The smallest absolute Gasteiger partial charge is 0.255 e. The van der Waals surface area contributed by atoms with E-state index in [0.717, 1.165) is 44.2 Å². The van der Waals surface area contributed by atoms with Crippen LogP contribution in [0.2, 0.25) is 5.15 Å². The maximum Gasteiger partial charge on any atom is 0.255 e. The van der Waals surface area contributed by atoms with Gasteiger partial charge in [0.15, 0.2) is 11.6 Å². The van der Waals surface area contributed by atoms with Gasteiger partial charge in [0, 0.05) is 13.1 Å². The average molecular weight is 396 g/mol. The Bertz CT molecular complexity index is 1000. The number of aromatic nitrogens is 4. The number of nitrogens with zero attached hydrogens (tertiary/aromatic N) is 5. The van der Waals surface area contributed by atoms with Crippen molar-refractivity contribution in [2.75, 3.05) is 11.9 Å². The van der Waals surface area contributed by atoms with Gasteiger partial charge in [-0.25, -0.2) is 13.2 Å². The Labute approximate surface area is 158 Å². The maximum absolute atomic E-state index is 14.6. The Morgan fingerprint density at radius 2 is 1.78 bits per heavy atom. The van der Waals surface area contributed by atoms with Crippen LogP contribution in [0.5, 0.6) is 0 Å². The summed E-state index contributed by atoms with van der Waals surface area (Å²) in [4.78, 5) is 10.0. The van der Waals surface area contributed by atoms with Crippen LogP contribution in [0.25, 0.3) is 16.9 Å². The largest absolute Gasteiger partial charge is 0.356 e. The normalized spacial score (nSPS) is 15.4. The lowest BCUT2D eigenvalue weighted by molar-refractivity contribution is 0.424. The number of anilines is 1. The van der Waals surface area contributed by atoms with Crippen LogP contribution in [0.15, 0.2) is 18.5 Å². The number of halogens is 4. The first-order valence-electron chi connectivity index (χ1n) is 8.75. The van der Waals surface area contributed by atoms with E-state index < -0.39 is 23.0 Å². The molecule has 2 heterocycles. The molecule has 0 bridgehead atoms. The van der Waals surface area contributed by atoms with Gasteiger partial charge in [-0.2, -0.15) is 19.6 Å². The third kappa shape index (κ3) is 3.01. The Balaban J connectivity index is 2.01. The molecule has 0 spiro atoms. The topological polar surface area (TPSA) is 46.3 Å². The molecular formula is C18H17ClF3N5. The van der Waals surface area contributed by atoms with E-state index in [2.05, 4.69) is 15.1 Å². The summed E-state index contributed by atoms with van der Waals surface area (Å²) in [6, 6.07) is 1.76. The van der Waals surface area contributed by atoms with E-state index in [0.29, 0.717) is 5.82 Å². The maximum atomic E-state index is 14.6. The third-order valence-electron chi connectivity index (χ3n) is 5.11. The molecule has 1 fully saturated rings. The minimum atomic E-state index is -1.31. The first-order valence-corrected chi connectivity index (χ1v) is 9.12. The van der Waals surface area contributed by atoms with Gasteiger partial charge in [0.1, 0.15) is 23.1 Å². The van der Waals surface area contributed by atoms with Crippen molar-refractivity contribution in [2.45, 2.75) is 38.1 Å². The summed E-state index contributed by atoms with van der Waals surface area (Å²) in [5.74, 6) is -2.84. The van der Waals surface area contributed by atoms with Crippen LogP contribution in [0, 0.1) is 17.5 Å². The number of hydrogen-bond donors (Lipinski definition) is 0. The highest BCUT2D eigenvalue weighted by Crippen LogP contribution is 2.40. The number of hydrogen-bond acceptors (Lipinski definition) is 4. The lowest BCUT2D eigenvalue weighted by atomic mass is 9.94. The predicted octanol–water partition coefficient (Wildman–Crippen LogP) is 4.63. The molecule has 1 aliphatic carbocycles. The molecule has 5 nitrogen and oxygen atoms in total. The molecule has 0 aliphatic heterocycles. The lowest BCUT2D eigenvalue weighted by Crippen LogP contribution is -2.35. The van der Waals surface area contributed by atoms with Gasteiger partial charge in [0.2, 0.25) is 0 Å². The number of rotatable bonds is 3. The van der Waals surface area contributed by atoms with Crippen molar-refractivity contribution >= 4 is 23.2 Å². The fourth-order valence-corrected chi connectivity index (χ4v) is 4.00. The van der Waals surface area contributed by atoms with Gasteiger partial charge in [-0.15, -0.1) is 0 Å². The summed E-state index contributed by atoms with van der Waals surface area (Å²) in [6.45, 7) is 0. The lowest BCUT2D eigenvalue weighted by Gasteiger charge is -2.34. The molecule has 142 valence electrons. The minimum Gasteiger partial charge on any atom is -0.356 e. The molecule has 9 heteroatoms. The molecule has 1 aliphatic rings. The summed E-state index contributed by atoms with van der Waals surface area (Å²) in [5, 5.41) is 3.99. The molecule has 0 N–H and O–H groups in total. The number of benzene rings is 1. The van der Waals surface area contributed by atoms with Crippen molar-refractivity contribution in [3.63, 3.8) is 0 Å². The first-order chi connectivity index (χ1) is 13.0. The van der Waals surface area contributed by atoms with Crippen molar-refractivity contribution in [3.05, 3.63) is 41.1 Å². The third-order valence-corrected chi connectivity index (χ3v) is 5.38. The van der Waals surface area contributed by atoms with E-state index in [-0.39, 0.29) is 22.5 Å². The first kappa shape index (κ1) is 18.0. The van der Waals surface area contributed by atoms with Crippen molar-refractivity contribution in [3.8, 4) is 11.1 Å². The van der Waals surface area contributed by atoms with Crippen molar-refractivity contribution in [2.24, 2.45) is 0 Å². The van der Waals surface area contributed by atoms with E-state index in [4.69, 9.17) is 11.6 Å². The van der Waals surface area contributed by atoms with E-state index >= 15 is 0 Å². The summed E-state index contributed by atoms with van der Waals surface area (Å²) in [6.07, 6.45) is 6.43. The van der Waals surface area contributed by atoms with Crippen molar-refractivity contribution in [1.29, 1.82) is 0 Å². The highest BCUT2D eigenvalue weighted by atomic mass is 35.5. The van der Waals surface area contributed by atoms with Gasteiger partial charge in [-0.3, -0.25) is 0 Å².